The third kappa shape index (κ3) is 5.36. The highest BCUT2D eigenvalue weighted by Crippen LogP contribution is 2.42. The number of carbonyl (C=O) groups excluding carboxylic acids is 1. The average molecular weight is 428 g/mol. The fraction of sp³-hybridized carbons (Fsp3) is 0.318. The molecule has 0 aliphatic rings. The van der Waals surface area contributed by atoms with E-state index in [4.69, 9.17) is 24.2 Å². The molecule has 0 fully saturated rings. The lowest BCUT2D eigenvalue weighted by molar-refractivity contribution is -0.145. The van der Waals surface area contributed by atoms with Crippen molar-refractivity contribution in [1.29, 1.82) is 5.26 Å². The summed E-state index contributed by atoms with van der Waals surface area (Å²) in [5, 5.41) is 22.1. The van der Waals surface area contributed by atoms with Crippen molar-refractivity contribution in [3.8, 4) is 23.3 Å². The van der Waals surface area contributed by atoms with Crippen molar-refractivity contribution in [1.82, 2.24) is 0 Å². The molecule has 2 N–H and O–H groups in total. The Morgan fingerprint density at radius 2 is 1.84 bits per heavy atom. The van der Waals surface area contributed by atoms with Gasteiger partial charge in [0.25, 0.3) is 0 Å². The number of ether oxygens (including phenoxy) is 4. The minimum Gasteiger partial charge on any atom is -0.497 e. The molecule has 31 heavy (non-hydrogen) atoms. The maximum Gasteiger partial charge on any atom is 0.344 e. The molecule has 2 rings (SSSR count). The van der Waals surface area contributed by atoms with Crippen LogP contribution in [0, 0.1) is 11.3 Å². The van der Waals surface area contributed by atoms with E-state index < -0.39 is 24.1 Å². The second-order valence-corrected chi connectivity index (χ2v) is 6.54. The summed E-state index contributed by atoms with van der Waals surface area (Å²) in [7, 11) is 2.83. The van der Waals surface area contributed by atoms with E-state index in [1.54, 1.807) is 31.2 Å². The second kappa shape index (κ2) is 10.2. The van der Waals surface area contributed by atoms with Gasteiger partial charge in [-0.3, -0.25) is 0 Å². The number of nitriles is 1. The summed E-state index contributed by atoms with van der Waals surface area (Å²) in [6, 6.07) is 11.3. The first-order valence-corrected chi connectivity index (χ1v) is 9.35. The molecule has 9 heteroatoms. The Hall–Kier alpha value is -3.93. The van der Waals surface area contributed by atoms with Crippen LogP contribution in [0.2, 0.25) is 0 Å². The monoisotopic (exact) mass is 428 g/mol. The van der Waals surface area contributed by atoms with Gasteiger partial charge in [0.1, 0.15) is 5.75 Å². The zero-order valence-electron chi connectivity index (χ0n) is 17.7. The van der Waals surface area contributed by atoms with E-state index >= 15 is 0 Å². The van der Waals surface area contributed by atoms with E-state index in [1.807, 2.05) is 6.07 Å². The molecule has 0 aromatic heterocycles. The Bertz CT molecular complexity index is 983. The largest absolute Gasteiger partial charge is 0.497 e. The van der Waals surface area contributed by atoms with Crippen LogP contribution < -0.4 is 19.5 Å². The number of rotatable bonds is 10. The minimum atomic E-state index is -1.71. The smallest absolute Gasteiger partial charge is 0.344 e. The SMILES string of the molecule is CCOC(=O)COc1c(OC)cc(OC)cc1C(C)(Nc1ccc(C#N)cc1)C(=O)O. The highest BCUT2D eigenvalue weighted by molar-refractivity contribution is 5.86. The van der Waals surface area contributed by atoms with Crippen LogP contribution >= 0.6 is 0 Å². The number of carbonyl (C=O) groups is 2. The zero-order valence-corrected chi connectivity index (χ0v) is 17.7. The Labute approximate surface area is 180 Å². The van der Waals surface area contributed by atoms with Gasteiger partial charge in [-0.2, -0.15) is 5.26 Å². The summed E-state index contributed by atoms with van der Waals surface area (Å²) < 4.78 is 21.2. The molecule has 2 aromatic carbocycles. The van der Waals surface area contributed by atoms with E-state index in [0.29, 0.717) is 17.0 Å². The van der Waals surface area contributed by atoms with E-state index in [9.17, 15) is 14.7 Å². The summed E-state index contributed by atoms with van der Waals surface area (Å²) in [5.41, 5.74) is -0.643. The molecule has 1 unspecified atom stereocenters. The number of nitrogens with one attached hydrogen (secondary N) is 1. The first kappa shape index (κ1) is 23.3. The fourth-order valence-corrected chi connectivity index (χ4v) is 2.85. The van der Waals surface area contributed by atoms with E-state index in [-0.39, 0.29) is 23.7 Å². The van der Waals surface area contributed by atoms with Crippen LogP contribution in [0.3, 0.4) is 0 Å². The van der Waals surface area contributed by atoms with Gasteiger partial charge in [0.15, 0.2) is 23.6 Å². The van der Waals surface area contributed by atoms with Gasteiger partial charge >= 0.3 is 11.9 Å². The number of hydrogen-bond acceptors (Lipinski definition) is 8. The molecule has 0 heterocycles. The Kier molecular flexibility index (Phi) is 7.69. The quantitative estimate of drug-likeness (QED) is 0.549. The van der Waals surface area contributed by atoms with Crippen molar-refractivity contribution in [3.63, 3.8) is 0 Å². The van der Waals surface area contributed by atoms with Gasteiger partial charge in [0, 0.05) is 17.3 Å². The highest BCUT2D eigenvalue weighted by atomic mass is 16.6. The van der Waals surface area contributed by atoms with Gasteiger partial charge in [-0.1, -0.05) is 0 Å². The summed E-state index contributed by atoms with van der Waals surface area (Å²) in [6.07, 6.45) is 0. The number of esters is 1. The Morgan fingerprint density at radius 1 is 1.16 bits per heavy atom. The molecular weight excluding hydrogens is 404 g/mol. The lowest BCUT2D eigenvalue weighted by Gasteiger charge is -2.30. The number of methoxy groups -OCH3 is 2. The van der Waals surface area contributed by atoms with Crippen molar-refractivity contribution in [2.75, 3.05) is 32.8 Å². The number of aliphatic carboxylic acids is 1. The summed E-state index contributed by atoms with van der Waals surface area (Å²) >= 11 is 0. The van der Waals surface area contributed by atoms with Crippen molar-refractivity contribution < 1.29 is 33.6 Å². The van der Waals surface area contributed by atoms with Gasteiger partial charge in [-0.05, 0) is 44.2 Å². The highest BCUT2D eigenvalue weighted by Gasteiger charge is 2.40. The van der Waals surface area contributed by atoms with Gasteiger partial charge < -0.3 is 29.4 Å². The standard InChI is InChI=1S/C22H24N2O7/c1-5-30-19(25)13-31-20-17(10-16(28-3)11-18(20)29-4)22(2,21(26)27)24-15-8-6-14(12-23)7-9-15/h6-11,24H,5,13H2,1-4H3,(H,26,27). The van der Waals surface area contributed by atoms with Crippen LogP contribution in [-0.4, -0.2) is 44.5 Å². The first-order valence-electron chi connectivity index (χ1n) is 9.35. The number of hydrogen-bond donors (Lipinski definition) is 2. The predicted molar refractivity (Wildman–Crippen MR) is 111 cm³/mol. The van der Waals surface area contributed by atoms with E-state index in [0.717, 1.165) is 0 Å². The predicted octanol–water partition coefficient (Wildman–Crippen LogP) is 2.93. The van der Waals surface area contributed by atoms with Gasteiger partial charge in [-0.25, -0.2) is 9.59 Å². The molecule has 0 aliphatic carbocycles. The topological polar surface area (TPSA) is 127 Å². The molecule has 0 bridgehead atoms. The van der Waals surface area contributed by atoms with Crippen LogP contribution in [0.5, 0.6) is 17.2 Å². The molecule has 0 aliphatic heterocycles. The van der Waals surface area contributed by atoms with Crippen LogP contribution in [0.25, 0.3) is 0 Å². The van der Waals surface area contributed by atoms with Gasteiger partial charge in [0.05, 0.1) is 32.5 Å². The molecule has 1 atom stereocenters. The molecule has 9 nitrogen and oxygen atoms in total. The molecule has 2 aromatic rings. The van der Waals surface area contributed by atoms with Crippen LogP contribution in [0.1, 0.15) is 25.0 Å². The summed E-state index contributed by atoms with van der Waals surface area (Å²) in [6.45, 7) is 2.86. The van der Waals surface area contributed by atoms with Crippen LogP contribution in [-0.2, 0) is 19.9 Å². The van der Waals surface area contributed by atoms with Gasteiger partial charge in [0.2, 0.25) is 0 Å². The number of anilines is 1. The van der Waals surface area contributed by atoms with Crippen molar-refractivity contribution in [2.45, 2.75) is 19.4 Å². The third-order valence-corrected chi connectivity index (χ3v) is 4.50. The maximum absolute atomic E-state index is 12.4. The van der Waals surface area contributed by atoms with Crippen molar-refractivity contribution >= 4 is 17.6 Å². The molecule has 164 valence electrons. The molecule has 0 saturated heterocycles. The first-order chi connectivity index (χ1) is 14.8. The molecule has 0 amide bonds. The maximum atomic E-state index is 12.4. The zero-order chi connectivity index (χ0) is 23.0. The van der Waals surface area contributed by atoms with Crippen LogP contribution in [0.4, 0.5) is 5.69 Å². The third-order valence-electron chi connectivity index (χ3n) is 4.50. The Morgan fingerprint density at radius 3 is 2.35 bits per heavy atom. The Balaban J connectivity index is 2.58. The van der Waals surface area contributed by atoms with E-state index in [2.05, 4.69) is 5.32 Å². The normalized spacial score (nSPS) is 12.1. The molecule has 0 saturated carbocycles. The summed E-state index contributed by atoms with van der Waals surface area (Å²) in [4.78, 5) is 24.2. The molecule has 0 radical (unpaired) electrons. The number of nitrogens with zero attached hydrogens (tertiary/aromatic N) is 1. The summed E-state index contributed by atoms with van der Waals surface area (Å²) in [5.74, 6) is -1.24. The van der Waals surface area contributed by atoms with Crippen molar-refractivity contribution in [2.24, 2.45) is 0 Å². The average Bonchev–Trinajstić information content (AvgIpc) is 2.77. The number of carboxylic acids is 1. The molecule has 0 spiro atoms. The van der Waals surface area contributed by atoms with E-state index in [1.165, 1.54) is 33.3 Å². The number of benzene rings is 2. The van der Waals surface area contributed by atoms with Gasteiger partial charge in [-0.15, -0.1) is 0 Å². The van der Waals surface area contributed by atoms with Crippen molar-refractivity contribution in [3.05, 3.63) is 47.5 Å². The second-order valence-electron chi connectivity index (χ2n) is 6.54. The van der Waals surface area contributed by atoms with Crippen LogP contribution in [0.15, 0.2) is 36.4 Å². The molecular formula is C22H24N2O7. The lowest BCUT2D eigenvalue weighted by Crippen LogP contribution is -2.41. The number of carboxylic acid groups (broad SMARTS) is 1. The lowest BCUT2D eigenvalue weighted by atomic mass is 9.90. The fourth-order valence-electron chi connectivity index (χ4n) is 2.85. The minimum absolute atomic E-state index is 0.0578.